The Labute approximate surface area is 124 Å². The van der Waals surface area contributed by atoms with Gasteiger partial charge in [-0.05, 0) is 19.1 Å². The van der Waals surface area contributed by atoms with Crippen molar-refractivity contribution in [3.63, 3.8) is 0 Å². The number of halogens is 5. The fraction of sp³-hybridized carbons (Fsp3) is 0.364. The summed E-state index contributed by atoms with van der Waals surface area (Å²) >= 11 is 5.45. The third-order valence-electron chi connectivity index (χ3n) is 2.33. The van der Waals surface area contributed by atoms with Crippen LogP contribution in [0.1, 0.15) is 18.5 Å². The maximum absolute atomic E-state index is 13.7. The summed E-state index contributed by atoms with van der Waals surface area (Å²) in [7, 11) is 0. The minimum atomic E-state index is -4.12. The van der Waals surface area contributed by atoms with Gasteiger partial charge >= 0.3 is 11.9 Å². The molecule has 3 N–H and O–H groups in total. The highest BCUT2D eigenvalue weighted by Gasteiger charge is 2.48. The fourth-order valence-corrected chi connectivity index (χ4v) is 1.59. The Balaban J connectivity index is 0.00000361. The molecule has 0 saturated heterocycles. The first-order valence-electron chi connectivity index (χ1n) is 5.20. The van der Waals surface area contributed by atoms with Gasteiger partial charge in [0.1, 0.15) is 17.6 Å². The van der Waals surface area contributed by atoms with Crippen LogP contribution in [0.4, 0.5) is 13.2 Å². The fourth-order valence-electron chi connectivity index (χ4n) is 1.37. The average Bonchev–Trinajstić information content (AvgIpc) is 2.33. The average molecular weight is 334 g/mol. The van der Waals surface area contributed by atoms with Crippen molar-refractivity contribution in [1.29, 1.82) is 0 Å². The Morgan fingerprint density at radius 3 is 2.60 bits per heavy atom. The lowest BCUT2D eigenvalue weighted by Gasteiger charge is -2.22. The molecule has 1 rings (SSSR count). The van der Waals surface area contributed by atoms with Crippen LogP contribution in [0.25, 0.3) is 0 Å². The van der Waals surface area contributed by atoms with Gasteiger partial charge in [0.15, 0.2) is 0 Å². The molecule has 114 valence electrons. The summed E-state index contributed by atoms with van der Waals surface area (Å²) in [4.78, 5) is 11.1. The Kier molecular flexibility index (Phi) is 6.60. The molecule has 1 aromatic rings. The Hall–Kier alpha value is -1.18. The zero-order valence-electron chi connectivity index (χ0n) is 10.2. The number of esters is 1. The number of ether oxygens (including phenoxy) is 1. The van der Waals surface area contributed by atoms with Crippen molar-refractivity contribution in [2.75, 3.05) is 6.61 Å². The van der Waals surface area contributed by atoms with Gasteiger partial charge in [0.25, 0.3) is 0 Å². The molecule has 0 aromatic heterocycles. The molecule has 0 aliphatic carbocycles. The molecule has 0 radical (unpaired) electrons. The summed E-state index contributed by atoms with van der Waals surface area (Å²) in [5.41, 5.74) is 4.53. The molecule has 1 atom stereocenters. The molecule has 0 amide bonds. The molecule has 1 aromatic carbocycles. The maximum atomic E-state index is 13.7. The van der Waals surface area contributed by atoms with Crippen molar-refractivity contribution in [2.24, 2.45) is 5.73 Å². The van der Waals surface area contributed by atoms with Crippen LogP contribution in [-0.4, -0.2) is 23.6 Å². The molecule has 20 heavy (non-hydrogen) atoms. The van der Waals surface area contributed by atoms with Gasteiger partial charge in [-0.3, -0.25) is 0 Å². The lowest BCUT2D eigenvalue weighted by Crippen LogP contribution is -2.41. The van der Waals surface area contributed by atoms with E-state index in [-0.39, 0.29) is 19.0 Å². The van der Waals surface area contributed by atoms with E-state index in [1.807, 2.05) is 0 Å². The zero-order valence-corrected chi connectivity index (χ0v) is 11.8. The van der Waals surface area contributed by atoms with Crippen LogP contribution < -0.4 is 5.73 Å². The van der Waals surface area contributed by atoms with Gasteiger partial charge < -0.3 is 15.6 Å². The van der Waals surface area contributed by atoms with Crippen molar-refractivity contribution in [3.05, 3.63) is 28.5 Å². The van der Waals surface area contributed by atoms with Crippen molar-refractivity contribution in [2.45, 2.75) is 18.9 Å². The molecule has 0 bridgehead atoms. The van der Waals surface area contributed by atoms with E-state index in [0.717, 1.165) is 6.07 Å². The van der Waals surface area contributed by atoms with Crippen molar-refractivity contribution < 1.29 is 27.8 Å². The van der Waals surface area contributed by atoms with Gasteiger partial charge in [-0.1, -0.05) is 11.6 Å². The van der Waals surface area contributed by atoms with E-state index in [0.29, 0.717) is 6.07 Å². The molecule has 4 nitrogen and oxygen atoms in total. The van der Waals surface area contributed by atoms with Crippen LogP contribution in [0, 0.1) is 5.82 Å². The standard InChI is InChI=1S/C11H11ClF3NO3.ClH/c1-2-19-10(18)11(14,15)9(16)6-3-5(13)4-7(12)8(6)17;/h3-4,9,17H,2,16H2,1H3;1H/t9-;/m1./s1. The monoisotopic (exact) mass is 333 g/mol. The van der Waals surface area contributed by atoms with Gasteiger partial charge in [-0.15, -0.1) is 12.4 Å². The zero-order chi connectivity index (χ0) is 14.8. The van der Waals surface area contributed by atoms with Crippen molar-refractivity contribution in [1.82, 2.24) is 0 Å². The minimum absolute atomic E-state index is 0. The molecule has 0 unspecified atom stereocenters. The second-order valence-electron chi connectivity index (χ2n) is 3.65. The SMILES string of the molecule is CCOC(=O)C(F)(F)[C@H](N)c1cc(F)cc(Cl)c1O.Cl. The summed E-state index contributed by atoms with van der Waals surface area (Å²) in [6.45, 7) is 1.08. The van der Waals surface area contributed by atoms with Crippen molar-refractivity contribution >= 4 is 30.0 Å². The highest BCUT2D eigenvalue weighted by molar-refractivity contribution is 6.32. The second-order valence-corrected chi connectivity index (χ2v) is 4.05. The van der Waals surface area contributed by atoms with Crippen LogP contribution in [0.5, 0.6) is 5.75 Å². The number of alkyl halides is 2. The van der Waals surface area contributed by atoms with E-state index in [4.69, 9.17) is 17.3 Å². The van der Waals surface area contributed by atoms with E-state index >= 15 is 0 Å². The molecule has 0 heterocycles. The highest BCUT2D eigenvalue weighted by atomic mass is 35.5. The van der Waals surface area contributed by atoms with E-state index in [1.165, 1.54) is 6.92 Å². The molecule has 0 spiro atoms. The largest absolute Gasteiger partial charge is 0.506 e. The first-order chi connectivity index (χ1) is 8.71. The molecule has 0 saturated carbocycles. The van der Waals surface area contributed by atoms with E-state index < -0.39 is 40.1 Å². The molecular weight excluding hydrogens is 322 g/mol. The molecule has 0 aliphatic heterocycles. The summed E-state index contributed by atoms with van der Waals surface area (Å²) < 4.78 is 44.6. The quantitative estimate of drug-likeness (QED) is 0.831. The molecule has 0 aliphatic rings. The van der Waals surface area contributed by atoms with E-state index in [9.17, 15) is 23.1 Å². The van der Waals surface area contributed by atoms with Gasteiger partial charge in [0.2, 0.25) is 0 Å². The number of rotatable bonds is 4. The number of hydrogen-bond acceptors (Lipinski definition) is 4. The van der Waals surface area contributed by atoms with Gasteiger partial charge in [0, 0.05) is 5.56 Å². The number of phenols is 1. The molecule has 0 fully saturated rings. The van der Waals surface area contributed by atoms with Crippen molar-refractivity contribution in [3.8, 4) is 5.75 Å². The normalized spacial score (nSPS) is 12.5. The second kappa shape index (κ2) is 7.01. The lowest BCUT2D eigenvalue weighted by molar-refractivity contribution is -0.174. The Bertz CT molecular complexity index is 500. The van der Waals surface area contributed by atoms with Gasteiger partial charge in [-0.2, -0.15) is 8.78 Å². The predicted molar refractivity (Wildman–Crippen MR) is 68.8 cm³/mol. The van der Waals surface area contributed by atoms with Crippen LogP contribution in [0.3, 0.4) is 0 Å². The van der Waals surface area contributed by atoms with Crippen LogP contribution >= 0.6 is 24.0 Å². The maximum Gasteiger partial charge on any atom is 0.379 e. The highest BCUT2D eigenvalue weighted by Crippen LogP contribution is 2.38. The molecular formula is C11H12Cl2F3NO3. The number of aromatic hydroxyl groups is 1. The number of nitrogens with two attached hydrogens (primary N) is 1. The number of hydrogen-bond donors (Lipinski definition) is 2. The number of benzene rings is 1. The summed E-state index contributed by atoms with van der Waals surface area (Å²) in [5.74, 6) is -7.75. The van der Waals surface area contributed by atoms with Gasteiger partial charge in [-0.25, -0.2) is 9.18 Å². The van der Waals surface area contributed by atoms with Crippen LogP contribution in [0.2, 0.25) is 5.02 Å². The lowest BCUT2D eigenvalue weighted by atomic mass is 10.00. The number of carbonyl (C=O) groups excluding carboxylic acids is 1. The smallest absolute Gasteiger partial charge is 0.379 e. The van der Waals surface area contributed by atoms with Gasteiger partial charge in [0.05, 0.1) is 11.6 Å². The number of carbonyl (C=O) groups is 1. The van der Waals surface area contributed by atoms with E-state index in [2.05, 4.69) is 4.74 Å². The number of phenolic OH excluding ortho intramolecular Hbond substituents is 1. The third-order valence-corrected chi connectivity index (χ3v) is 2.62. The first-order valence-corrected chi connectivity index (χ1v) is 5.58. The van der Waals surface area contributed by atoms with E-state index in [1.54, 1.807) is 0 Å². The van der Waals surface area contributed by atoms with Crippen LogP contribution in [-0.2, 0) is 9.53 Å². The third kappa shape index (κ3) is 3.68. The summed E-state index contributed by atoms with van der Waals surface area (Å²) in [5, 5.41) is 9.02. The Morgan fingerprint density at radius 1 is 1.55 bits per heavy atom. The molecule has 9 heteroatoms. The topological polar surface area (TPSA) is 72.5 Å². The summed E-state index contributed by atoms with van der Waals surface area (Å²) in [6, 6.07) is -0.964. The van der Waals surface area contributed by atoms with Crippen LogP contribution in [0.15, 0.2) is 12.1 Å². The Morgan fingerprint density at radius 2 is 2.10 bits per heavy atom. The predicted octanol–water partition coefficient (Wildman–Crippen LogP) is 2.80. The minimum Gasteiger partial charge on any atom is -0.506 e. The summed E-state index contributed by atoms with van der Waals surface area (Å²) in [6.07, 6.45) is 0. The first kappa shape index (κ1) is 18.8.